The Morgan fingerprint density at radius 1 is 0.821 bits per heavy atom. The van der Waals surface area contributed by atoms with Crippen LogP contribution in [0.1, 0.15) is 24.5 Å². The van der Waals surface area contributed by atoms with Crippen LogP contribution >= 0.6 is 24.0 Å². The fourth-order valence-electron chi connectivity index (χ4n) is 2.68. The van der Waals surface area contributed by atoms with E-state index in [0.29, 0.717) is 12.5 Å². The molecule has 0 saturated heterocycles. The second-order valence-electron chi connectivity index (χ2n) is 6.30. The molecule has 0 aliphatic carbocycles. The molecular weight excluding hydrogens is 463 g/mol. The van der Waals surface area contributed by atoms with Crippen molar-refractivity contribution < 1.29 is 4.79 Å². The third kappa shape index (κ3) is 10.3. The Labute approximate surface area is 185 Å². The van der Waals surface area contributed by atoms with Gasteiger partial charge in [-0.05, 0) is 37.3 Å². The molecule has 0 aromatic heterocycles. The molecule has 0 atom stereocenters. The number of guanidine groups is 1. The summed E-state index contributed by atoms with van der Waals surface area (Å²) in [4.78, 5) is 16.3. The van der Waals surface area contributed by atoms with Crippen molar-refractivity contribution in [2.45, 2.75) is 26.2 Å². The predicted octanol–water partition coefficient (Wildman–Crippen LogP) is 3.15. The quantitative estimate of drug-likeness (QED) is 0.206. The zero-order chi connectivity index (χ0) is 19.2. The zero-order valence-corrected chi connectivity index (χ0v) is 18.8. The summed E-state index contributed by atoms with van der Waals surface area (Å²) < 4.78 is 0. The molecule has 0 aliphatic rings. The number of nitrogens with zero attached hydrogens (tertiary/aromatic N) is 1. The maximum Gasteiger partial charge on any atom is 0.241 e. The van der Waals surface area contributed by atoms with E-state index in [1.807, 2.05) is 31.2 Å². The molecule has 0 radical (unpaired) electrons. The highest BCUT2D eigenvalue weighted by Crippen LogP contribution is 2.01. The summed E-state index contributed by atoms with van der Waals surface area (Å²) in [7, 11) is 0. The topological polar surface area (TPSA) is 65.5 Å². The van der Waals surface area contributed by atoms with Crippen LogP contribution in [0.2, 0.25) is 0 Å². The summed E-state index contributed by atoms with van der Waals surface area (Å²) in [5.41, 5.74) is 2.55. The fraction of sp³-hybridized carbons (Fsp3) is 0.364. The van der Waals surface area contributed by atoms with E-state index >= 15 is 0 Å². The molecular formula is C22H31IN4O. The van der Waals surface area contributed by atoms with E-state index in [9.17, 15) is 4.79 Å². The Morgan fingerprint density at radius 3 is 2.04 bits per heavy atom. The molecule has 5 nitrogen and oxygen atoms in total. The minimum absolute atomic E-state index is 0. The van der Waals surface area contributed by atoms with Crippen molar-refractivity contribution in [3.8, 4) is 0 Å². The van der Waals surface area contributed by atoms with Crippen LogP contribution in [0, 0.1) is 0 Å². The number of carbonyl (C=O) groups is 1. The Balaban J connectivity index is 0.00000392. The molecule has 3 N–H and O–H groups in total. The molecule has 2 aromatic rings. The first-order valence-corrected chi connectivity index (χ1v) is 9.64. The van der Waals surface area contributed by atoms with Gasteiger partial charge < -0.3 is 16.0 Å². The number of aliphatic imine (C=N–C) groups is 1. The SMILES string of the molecule is CCNC(=NCC(=O)NCCc1ccccc1)NCCCc1ccccc1.I. The lowest BCUT2D eigenvalue weighted by molar-refractivity contribution is -0.119. The zero-order valence-electron chi connectivity index (χ0n) is 16.5. The third-order valence-electron chi connectivity index (χ3n) is 4.08. The van der Waals surface area contributed by atoms with Crippen LogP contribution in [0.4, 0.5) is 0 Å². The molecule has 0 saturated carbocycles. The minimum atomic E-state index is -0.0626. The number of amides is 1. The number of carbonyl (C=O) groups excluding carboxylic acids is 1. The lowest BCUT2D eigenvalue weighted by atomic mass is 10.1. The van der Waals surface area contributed by atoms with Gasteiger partial charge in [-0.15, -0.1) is 24.0 Å². The summed E-state index contributed by atoms with van der Waals surface area (Å²) in [6, 6.07) is 20.6. The van der Waals surface area contributed by atoms with Gasteiger partial charge in [-0.2, -0.15) is 0 Å². The summed E-state index contributed by atoms with van der Waals surface area (Å²) in [5, 5.41) is 9.38. The Morgan fingerprint density at radius 2 is 1.43 bits per heavy atom. The van der Waals surface area contributed by atoms with Crippen LogP contribution in [0.25, 0.3) is 0 Å². The maximum absolute atomic E-state index is 12.0. The summed E-state index contributed by atoms with van der Waals surface area (Å²) >= 11 is 0. The highest BCUT2D eigenvalue weighted by Gasteiger charge is 2.02. The van der Waals surface area contributed by atoms with Crippen LogP contribution < -0.4 is 16.0 Å². The van der Waals surface area contributed by atoms with E-state index in [-0.39, 0.29) is 36.4 Å². The minimum Gasteiger partial charge on any atom is -0.357 e. The number of aryl methyl sites for hydroxylation is 1. The van der Waals surface area contributed by atoms with E-state index in [4.69, 9.17) is 0 Å². The Hall–Kier alpha value is -2.09. The molecule has 2 aromatic carbocycles. The van der Waals surface area contributed by atoms with Gasteiger partial charge in [-0.1, -0.05) is 60.7 Å². The van der Waals surface area contributed by atoms with Crippen LogP contribution in [-0.4, -0.2) is 38.0 Å². The summed E-state index contributed by atoms with van der Waals surface area (Å²) in [6.07, 6.45) is 2.86. The first kappa shape index (κ1) is 23.9. The number of benzene rings is 2. The van der Waals surface area contributed by atoms with Crippen LogP contribution in [-0.2, 0) is 17.6 Å². The van der Waals surface area contributed by atoms with Crippen molar-refractivity contribution in [3.63, 3.8) is 0 Å². The lowest BCUT2D eigenvalue weighted by Gasteiger charge is -2.11. The largest absolute Gasteiger partial charge is 0.357 e. The standard InChI is InChI=1S/C22H30N4O.HI/c1-2-23-22(25-16-9-14-19-10-5-3-6-11-19)26-18-21(27)24-17-15-20-12-7-4-8-13-20;/h3-8,10-13H,2,9,14-18H2,1H3,(H,24,27)(H2,23,25,26);1H. The molecule has 6 heteroatoms. The highest BCUT2D eigenvalue weighted by atomic mass is 127. The molecule has 2 rings (SSSR count). The highest BCUT2D eigenvalue weighted by molar-refractivity contribution is 14.0. The third-order valence-corrected chi connectivity index (χ3v) is 4.08. The summed E-state index contributed by atoms with van der Waals surface area (Å²) in [6.45, 7) is 4.35. The number of rotatable bonds is 10. The second-order valence-corrected chi connectivity index (χ2v) is 6.30. The second kappa shape index (κ2) is 14.9. The molecule has 0 spiro atoms. The number of nitrogens with one attached hydrogen (secondary N) is 3. The number of halogens is 1. The number of hydrogen-bond donors (Lipinski definition) is 3. The van der Waals surface area contributed by atoms with Gasteiger partial charge in [0.1, 0.15) is 6.54 Å². The van der Waals surface area contributed by atoms with Gasteiger partial charge in [0.05, 0.1) is 0 Å². The molecule has 0 fully saturated rings. The average molecular weight is 494 g/mol. The van der Waals surface area contributed by atoms with Gasteiger partial charge in [0.15, 0.2) is 5.96 Å². The molecule has 152 valence electrons. The van der Waals surface area contributed by atoms with Gasteiger partial charge in [-0.25, -0.2) is 4.99 Å². The van der Waals surface area contributed by atoms with Crippen LogP contribution in [0.15, 0.2) is 65.7 Å². The van der Waals surface area contributed by atoms with Gasteiger partial charge in [-0.3, -0.25) is 4.79 Å². The van der Waals surface area contributed by atoms with E-state index in [2.05, 4.69) is 57.3 Å². The lowest BCUT2D eigenvalue weighted by Crippen LogP contribution is -2.39. The molecule has 28 heavy (non-hydrogen) atoms. The first-order valence-electron chi connectivity index (χ1n) is 9.64. The van der Waals surface area contributed by atoms with Crippen molar-refractivity contribution in [2.75, 3.05) is 26.2 Å². The van der Waals surface area contributed by atoms with Crippen molar-refractivity contribution >= 4 is 35.8 Å². The van der Waals surface area contributed by atoms with Crippen molar-refractivity contribution in [3.05, 3.63) is 71.8 Å². The molecule has 1 amide bonds. The van der Waals surface area contributed by atoms with Crippen LogP contribution in [0.5, 0.6) is 0 Å². The van der Waals surface area contributed by atoms with Crippen molar-refractivity contribution in [1.82, 2.24) is 16.0 Å². The Kier molecular flexibility index (Phi) is 12.7. The van der Waals surface area contributed by atoms with E-state index < -0.39 is 0 Å². The van der Waals surface area contributed by atoms with Gasteiger partial charge in [0.2, 0.25) is 5.91 Å². The summed E-state index contributed by atoms with van der Waals surface area (Å²) in [5.74, 6) is 0.621. The van der Waals surface area contributed by atoms with E-state index in [0.717, 1.165) is 32.4 Å². The predicted molar refractivity (Wildman–Crippen MR) is 127 cm³/mol. The smallest absolute Gasteiger partial charge is 0.241 e. The molecule has 0 unspecified atom stereocenters. The van der Waals surface area contributed by atoms with Gasteiger partial charge in [0.25, 0.3) is 0 Å². The average Bonchev–Trinajstić information content (AvgIpc) is 2.71. The molecule has 0 bridgehead atoms. The fourth-order valence-corrected chi connectivity index (χ4v) is 2.68. The normalized spacial score (nSPS) is 10.7. The maximum atomic E-state index is 12.0. The molecule has 0 aliphatic heterocycles. The monoisotopic (exact) mass is 494 g/mol. The first-order chi connectivity index (χ1) is 13.3. The van der Waals surface area contributed by atoms with Crippen LogP contribution in [0.3, 0.4) is 0 Å². The van der Waals surface area contributed by atoms with Crippen molar-refractivity contribution in [2.24, 2.45) is 4.99 Å². The van der Waals surface area contributed by atoms with E-state index in [1.165, 1.54) is 11.1 Å². The van der Waals surface area contributed by atoms with Gasteiger partial charge >= 0.3 is 0 Å². The molecule has 0 heterocycles. The number of hydrogen-bond acceptors (Lipinski definition) is 2. The Bertz CT molecular complexity index is 692. The van der Waals surface area contributed by atoms with Crippen molar-refractivity contribution in [1.29, 1.82) is 0 Å². The van der Waals surface area contributed by atoms with E-state index in [1.54, 1.807) is 0 Å². The van der Waals surface area contributed by atoms with Gasteiger partial charge in [0, 0.05) is 19.6 Å².